The second-order valence-electron chi connectivity index (χ2n) is 28.3. The normalized spacial score (nSPS) is 14.7. The molecule has 4 aromatic carbocycles. The van der Waals surface area contributed by atoms with Crippen LogP contribution in [-0.4, -0.2) is 82.8 Å². The Hall–Kier alpha value is -6.55. The first-order valence-electron chi connectivity index (χ1n) is 38.9. The Kier molecular flexibility index (Phi) is 30.4. The molecule has 1 fully saturated rings. The van der Waals surface area contributed by atoms with Gasteiger partial charge in [0.05, 0.1) is 76.2 Å². The summed E-state index contributed by atoms with van der Waals surface area (Å²) in [5, 5.41) is 2.98. The predicted octanol–water partition coefficient (Wildman–Crippen LogP) is 21.7. The van der Waals surface area contributed by atoms with Gasteiger partial charge in [-0.1, -0.05) is 211 Å². The minimum absolute atomic E-state index is 0. The Balaban J connectivity index is 0.0000117. The van der Waals surface area contributed by atoms with E-state index in [1.54, 1.807) is 0 Å². The summed E-state index contributed by atoms with van der Waals surface area (Å²) >= 11 is 0. The first kappa shape index (κ1) is 77.6. The van der Waals surface area contributed by atoms with Gasteiger partial charge in [0.15, 0.2) is 40.8 Å². The molecule has 7 aromatic rings. The zero-order valence-corrected chi connectivity index (χ0v) is 63.5. The number of rotatable bonds is 43. The van der Waals surface area contributed by atoms with Crippen molar-refractivity contribution in [3.63, 3.8) is 0 Å². The SMILES string of the molecule is CCCCC(CC)COc1cc2c(cc1OCC(CC)CCCC)-c1nc-2nc2[n-]c(nc3nc(nc4[n-]c(n1)c1cc(OCC(CC)CCCC)c(OCC(CC)CCCC)cc41)-c1cc(OCC(CC)CCCC)c(OCC(CC)CCCC)cc1-3)c1cc(C3OCCO3)ccc21.[Ni+2]. The third-order valence-electron chi connectivity index (χ3n) is 20.9. The Morgan fingerprint density at radius 3 is 0.840 bits per heavy atom. The fourth-order valence-electron chi connectivity index (χ4n) is 13.7. The van der Waals surface area contributed by atoms with E-state index >= 15 is 0 Å². The van der Waals surface area contributed by atoms with Crippen LogP contribution in [0.5, 0.6) is 34.5 Å². The third kappa shape index (κ3) is 19.6. The summed E-state index contributed by atoms with van der Waals surface area (Å²) in [6, 6.07) is 18.5. The van der Waals surface area contributed by atoms with Gasteiger partial charge in [0.2, 0.25) is 0 Å². The van der Waals surface area contributed by atoms with Gasteiger partial charge in [-0.05, 0) is 138 Å². The summed E-state index contributed by atoms with van der Waals surface area (Å²) in [5.74, 6) is 7.72. The maximum absolute atomic E-state index is 7.03. The predicted molar refractivity (Wildman–Crippen MR) is 401 cm³/mol. The van der Waals surface area contributed by atoms with Gasteiger partial charge in [0, 0.05) is 50.4 Å². The Morgan fingerprint density at radius 2 is 0.580 bits per heavy atom. The molecule has 6 heterocycles. The summed E-state index contributed by atoms with van der Waals surface area (Å²) in [5.41, 5.74) is 5.45. The Morgan fingerprint density at radius 1 is 0.330 bits per heavy atom. The average Bonchev–Trinajstić information content (AvgIpc) is 1.59. The van der Waals surface area contributed by atoms with Crippen molar-refractivity contribution in [1.82, 2.24) is 39.9 Å². The van der Waals surface area contributed by atoms with Gasteiger partial charge in [0.25, 0.3) is 0 Å². The second kappa shape index (κ2) is 39.2. The molecular weight excluding hydrogens is 1300 g/mol. The summed E-state index contributed by atoms with van der Waals surface area (Å²) in [6.07, 6.45) is 25.5. The summed E-state index contributed by atoms with van der Waals surface area (Å²) in [6.45, 7) is 31.3. The minimum Gasteiger partial charge on any atom is -0.489 e. The molecule has 0 N–H and O–H groups in total. The maximum Gasteiger partial charge on any atom is 2.00 e. The second-order valence-corrected chi connectivity index (χ2v) is 28.3. The molecule has 0 amide bonds. The van der Waals surface area contributed by atoms with E-state index in [0.717, 1.165) is 203 Å². The van der Waals surface area contributed by atoms with E-state index in [-0.39, 0.29) is 16.5 Å². The standard InChI is InChI=1S/C83H116N8O8.Ni/c1-13-25-31-54(19-7)48-94-69-42-63-64(43-70(69)95-49-55(20-8)32-26-14-2)79-87-77(63)85-75-61-38-37-60(83-92-39-40-93-83)41-62(61)76(84-75)86-78-65-44-71(96-50-56(21-9)33-27-15-3)72(97-51-57(22-10)34-28-16-4)45-66(65)80(88-78)90-82-68-47-74(99-53-59(24-12)36-30-18-6)73(46-67(68)81(89-79)91-82)98-52-58(23-11)35-29-17-5;/h37-38,41-47,54-59,83H,13-36,39-40,48-53H2,1-12H3;/q-2;+2. The first-order valence-corrected chi connectivity index (χ1v) is 38.9. The molecule has 3 aliphatic rings. The maximum atomic E-state index is 7.03. The molecule has 3 aromatic heterocycles. The van der Waals surface area contributed by atoms with E-state index in [1.807, 2.05) is 12.1 Å². The largest absolute Gasteiger partial charge is 2.00 e. The van der Waals surface area contributed by atoms with Gasteiger partial charge in [-0.15, -0.1) is 0 Å². The number of unbranched alkanes of at least 4 members (excludes halogenated alkanes) is 6. The van der Waals surface area contributed by atoms with Crippen LogP contribution in [-0.2, 0) is 26.0 Å². The molecule has 0 aliphatic carbocycles. The van der Waals surface area contributed by atoms with Gasteiger partial charge < -0.3 is 67.8 Å². The van der Waals surface area contributed by atoms with Crippen molar-refractivity contribution in [1.29, 1.82) is 0 Å². The van der Waals surface area contributed by atoms with Gasteiger partial charge in [-0.3, -0.25) is 0 Å². The van der Waals surface area contributed by atoms with Crippen molar-refractivity contribution >= 4 is 44.1 Å². The zero-order chi connectivity index (χ0) is 69.6. The van der Waals surface area contributed by atoms with Crippen LogP contribution in [0, 0.1) is 35.5 Å². The number of hydrogen-bond acceptors (Lipinski definition) is 14. The van der Waals surface area contributed by atoms with Crippen molar-refractivity contribution in [3.8, 4) is 80.0 Å². The number of benzene rings is 4. The van der Waals surface area contributed by atoms with Gasteiger partial charge in [-0.2, -0.15) is 0 Å². The molecule has 6 unspecified atom stereocenters. The number of aromatic nitrogens is 8. The van der Waals surface area contributed by atoms with Crippen molar-refractivity contribution in [3.05, 3.63) is 60.2 Å². The van der Waals surface area contributed by atoms with Crippen LogP contribution in [0.1, 0.15) is 249 Å². The van der Waals surface area contributed by atoms with E-state index in [1.165, 1.54) is 0 Å². The number of nitrogens with zero attached hydrogens (tertiary/aromatic N) is 8. The topological polar surface area (TPSA) is 179 Å². The fourth-order valence-corrected chi connectivity index (χ4v) is 13.7. The molecule has 0 radical (unpaired) electrons. The Labute approximate surface area is 607 Å². The quantitative estimate of drug-likeness (QED) is 0.0329. The third-order valence-corrected chi connectivity index (χ3v) is 20.9. The molecule has 100 heavy (non-hydrogen) atoms. The monoisotopic (exact) mass is 1410 g/mol. The summed E-state index contributed by atoms with van der Waals surface area (Å²) in [7, 11) is 0. The molecule has 1 saturated heterocycles. The van der Waals surface area contributed by atoms with Crippen molar-refractivity contribution in [2.45, 2.75) is 243 Å². The van der Waals surface area contributed by atoms with Crippen LogP contribution in [0.2, 0.25) is 0 Å². The fraction of sp³-hybridized carbons (Fsp3) is 0.614. The van der Waals surface area contributed by atoms with Gasteiger partial charge >= 0.3 is 16.5 Å². The smallest absolute Gasteiger partial charge is 0.489 e. The van der Waals surface area contributed by atoms with Gasteiger partial charge in [0.1, 0.15) is 0 Å². The van der Waals surface area contributed by atoms with Crippen molar-refractivity contribution in [2.75, 3.05) is 52.9 Å². The van der Waals surface area contributed by atoms with E-state index in [9.17, 15) is 0 Å². The van der Waals surface area contributed by atoms with Crippen molar-refractivity contribution < 1.29 is 54.4 Å². The molecule has 6 atom stereocenters. The van der Waals surface area contributed by atoms with E-state index in [2.05, 4.69) is 126 Å². The number of fused-ring (bicyclic) bond motifs is 20. The number of hydrogen-bond donors (Lipinski definition) is 0. The average molecular weight is 1410 g/mol. The van der Waals surface area contributed by atoms with Crippen LogP contribution in [0.15, 0.2) is 54.6 Å². The van der Waals surface area contributed by atoms with Crippen LogP contribution >= 0.6 is 0 Å². The molecule has 16 nitrogen and oxygen atoms in total. The first-order chi connectivity index (χ1) is 48.5. The van der Waals surface area contributed by atoms with Crippen LogP contribution in [0.4, 0.5) is 0 Å². The summed E-state index contributed by atoms with van der Waals surface area (Å²) < 4.78 is 54.3. The molecule has 8 bridgehead atoms. The Bertz CT molecular complexity index is 3890. The molecular formula is C83H116N8NiO8. The number of ether oxygens (including phenoxy) is 8. The molecule has 0 spiro atoms. The van der Waals surface area contributed by atoms with E-state index in [0.29, 0.717) is 169 Å². The molecule has 10 rings (SSSR count). The minimum atomic E-state index is -0.550. The van der Waals surface area contributed by atoms with Gasteiger partial charge in [-0.25, -0.2) is 9.97 Å². The van der Waals surface area contributed by atoms with Crippen molar-refractivity contribution in [2.24, 2.45) is 35.5 Å². The molecule has 0 saturated carbocycles. The van der Waals surface area contributed by atoms with Crippen LogP contribution < -0.4 is 38.4 Å². The van der Waals surface area contributed by atoms with E-state index < -0.39 is 6.29 Å². The van der Waals surface area contributed by atoms with Crippen LogP contribution in [0.25, 0.3) is 89.7 Å². The molecule has 546 valence electrons. The zero-order valence-electron chi connectivity index (χ0n) is 62.5. The van der Waals surface area contributed by atoms with Crippen LogP contribution in [0.3, 0.4) is 0 Å². The summed E-state index contributed by atoms with van der Waals surface area (Å²) in [4.78, 5) is 44.0. The molecule has 3 aliphatic heterocycles. The molecule has 17 heteroatoms. The van der Waals surface area contributed by atoms with E-state index in [4.69, 9.17) is 77.8 Å².